The maximum Gasteiger partial charge on any atom is 0.238 e. The average Bonchev–Trinajstić information content (AvgIpc) is 2.56. The van der Waals surface area contributed by atoms with Gasteiger partial charge in [0.2, 0.25) is 10.0 Å². The fourth-order valence-electron chi connectivity index (χ4n) is 2.07. The zero-order chi connectivity index (χ0) is 16.3. The van der Waals surface area contributed by atoms with E-state index in [1.165, 1.54) is 18.5 Å². The molecule has 0 atom stereocenters. The van der Waals surface area contributed by atoms with Gasteiger partial charge in [-0.1, -0.05) is 30.3 Å². The molecule has 0 aliphatic rings. The van der Waals surface area contributed by atoms with Gasteiger partial charge in [0.15, 0.2) is 0 Å². The third-order valence-electron chi connectivity index (χ3n) is 3.19. The van der Waals surface area contributed by atoms with Crippen LogP contribution in [0, 0.1) is 0 Å². The van der Waals surface area contributed by atoms with Gasteiger partial charge >= 0.3 is 0 Å². The second kappa shape index (κ2) is 6.15. The number of nitrogens with zero attached hydrogens (tertiary/aromatic N) is 2. The third kappa shape index (κ3) is 3.71. The van der Waals surface area contributed by atoms with Crippen molar-refractivity contribution < 1.29 is 8.42 Å². The summed E-state index contributed by atoms with van der Waals surface area (Å²) in [7, 11) is -3.69. The van der Waals surface area contributed by atoms with Gasteiger partial charge in [-0.25, -0.2) is 23.5 Å². The number of anilines is 2. The fourth-order valence-corrected chi connectivity index (χ4v) is 2.58. The number of nitrogens with one attached hydrogen (secondary N) is 1. The number of nitrogens with two attached hydrogens (primary N) is 1. The number of rotatable bonds is 4. The van der Waals surface area contributed by atoms with Gasteiger partial charge in [0.05, 0.1) is 10.6 Å². The highest BCUT2D eigenvalue weighted by molar-refractivity contribution is 7.89. The van der Waals surface area contributed by atoms with Crippen molar-refractivity contribution in [3.63, 3.8) is 0 Å². The van der Waals surface area contributed by atoms with Crippen molar-refractivity contribution in [3.8, 4) is 11.3 Å². The Morgan fingerprint density at radius 1 is 0.913 bits per heavy atom. The summed E-state index contributed by atoms with van der Waals surface area (Å²) in [5, 5.41) is 8.18. The van der Waals surface area contributed by atoms with E-state index in [0.717, 1.165) is 11.3 Å². The van der Waals surface area contributed by atoms with Gasteiger partial charge < -0.3 is 5.32 Å². The minimum absolute atomic E-state index is 0.0655. The lowest BCUT2D eigenvalue weighted by Gasteiger charge is -2.07. The smallest absolute Gasteiger partial charge is 0.238 e. The normalized spacial score (nSPS) is 11.2. The Balaban J connectivity index is 1.84. The Kier molecular flexibility index (Phi) is 4.05. The summed E-state index contributed by atoms with van der Waals surface area (Å²) in [6.07, 6.45) is 1.48. The molecule has 0 aliphatic carbocycles. The Bertz CT molecular complexity index is 910. The van der Waals surface area contributed by atoms with Crippen LogP contribution in [-0.4, -0.2) is 18.4 Å². The highest BCUT2D eigenvalue weighted by Crippen LogP contribution is 2.21. The molecule has 7 heteroatoms. The van der Waals surface area contributed by atoms with E-state index in [-0.39, 0.29) is 4.90 Å². The van der Waals surface area contributed by atoms with Crippen LogP contribution in [0.4, 0.5) is 11.5 Å². The molecule has 0 saturated carbocycles. The van der Waals surface area contributed by atoms with E-state index in [0.29, 0.717) is 11.5 Å². The van der Waals surface area contributed by atoms with Crippen molar-refractivity contribution in [1.29, 1.82) is 0 Å². The first kappa shape index (κ1) is 15.1. The van der Waals surface area contributed by atoms with E-state index in [1.807, 2.05) is 36.4 Å². The molecule has 3 N–H and O–H groups in total. The molecular formula is C16H14N4O2S. The van der Waals surface area contributed by atoms with Crippen molar-refractivity contribution in [2.24, 2.45) is 5.14 Å². The molecule has 6 nitrogen and oxygen atoms in total. The summed E-state index contributed by atoms with van der Waals surface area (Å²) >= 11 is 0. The number of primary sulfonamides is 1. The highest BCUT2D eigenvalue weighted by Gasteiger charge is 2.07. The standard InChI is InChI=1S/C16H14N4O2S/c17-23(21,22)14-8-6-13(7-9-14)20-16-10-15(18-11-19-16)12-4-2-1-3-5-12/h1-11H,(H2,17,21,22)(H,18,19,20). The Hall–Kier alpha value is -2.77. The summed E-state index contributed by atoms with van der Waals surface area (Å²) in [6.45, 7) is 0. The van der Waals surface area contributed by atoms with Crippen LogP contribution in [0.3, 0.4) is 0 Å². The van der Waals surface area contributed by atoms with Crippen LogP contribution in [0.15, 0.2) is 71.9 Å². The maximum atomic E-state index is 11.2. The predicted molar refractivity (Wildman–Crippen MR) is 88.6 cm³/mol. The van der Waals surface area contributed by atoms with E-state index in [1.54, 1.807) is 12.1 Å². The van der Waals surface area contributed by atoms with E-state index in [9.17, 15) is 8.42 Å². The molecule has 0 aliphatic heterocycles. The van der Waals surface area contributed by atoms with E-state index in [2.05, 4.69) is 15.3 Å². The van der Waals surface area contributed by atoms with Gasteiger partial charge in [0.25, 0.3) is 0 Å². The van der Waals surface area contributed by atoms with Gasteiger partial charge in [-0.05, 0) is 24.3 Å². The zero-order valence-corrected chi connectivity index (χ0v) is 12.9. The van der Waals surface area contributed by atoms with Gasteiger partial charge in [-0.15, -0.1) is 0 Å². The molecule has 1 heterocycles. The van der Waals surface area contributed by atoms with Crippen molar-refractivity contribution in [2.45, 2.75) is 4.90 Å². The minimum atomic E-state index is -3.69. The number of benzene rings is 2. The monoisotopic (exact) mass is 326 g/mol. The molecule has 0 unspecified atom stereocenters. The second-order valence-electron chi connectivity index (χ2n) is 4.85. The number of aromatic nitrogens is 2. The molecule has 0 fully saturated rings. The first-order valence-electron chi connectivity index (χ1n) is 6.80. The molecule has 2 aromatic carbocycles. The largest absolute Gasteiger partial charge is 0.340 e. The lowest BCUT2D eigenvalue weighted by molar-refractivity contribution is 0.598. The van der Waals surface area contributed by atoms with Crippen molar-refractivity contribution in [1.82, 2.24) is 9.97 Å². The summed E-state index contributed by atoms with van der Waals surface area (Å²) in [5.74, 6) is 0.613. The van der Waals surface area contributed by atoms with Crippen LogP contribution < -0.4 is 10.5 Å². The van der Waals surface area contributed by atoms with Crippen molar-refractivity contribution >= 4 is 21.5 Å². The Labute approximate surface area is 134 Å². The van der Waals surface area contributed by atoms with E-state index < -0.39 is 10.0 Å². The number of sulfonamides is 1. The van der Waals surface area contributed by atoms with Crippen LogP contribution in [0.25, 0.3) is 11.3 Å². The summed E-state index contributed by atoms with van der Waals surface area (Å²) in [5.41, 5.74) is 2.49. The summed E-state index contributed by atoms with van der Waals surface area (Å²) in [6, 6.07) is 17.7. The van der Waals surface area contributed by atoms with E-state index in [4.69, 9.17) is 5.14 Å². The molecular weight excluding hydrogens is 312 g/mol. The molecule has 0 bridgehead atoms. The third-order valence-corrected chi connectivity index (χ3v) is 4.12. The molecule has 116 valence electrons. The highest BCUT2D eigenvalue weighted by atomic mass is 32.2. The van der Waals surface area contributed by atoms with Gasteiger partial charge in [-0.3, -0.25) is 0 Å². The van der Waals surface area contributed by atoms with Crippen LogP contribution in [0.2, 0.25) is 0 Å². The zero-order valence-electron chi connectivity index (χ0n) is 12.0. The lowest BCUT2D eigenvalue weighted by atomic mass is 10.1. The Morgan fingerprint density at radius 2 is 1.61 bits per heavy atom. The van der Waals surface area contributed by atoms with E-state index >= 15 is 0 Å². The van der Waals surface area contributed by atoms with Crippen LogP contribution >= 0.6 is 0 Å². The molecule has 0 radical (unpaired) electrons. The van der Waals surface area contributed by atoms with Gasteiger partial charge in [-0.2, -0.15) is 0 Å². The molecule has 0 amide bonds. The quantitative estimate of drug-likeness (QED) is 0.768. The van der Waals surface area contributed by atoms with Crippen LogP contribution in [0.1, 0.15) is 0 Å². The summed E-state index contributed by atoms with van der Waals surface area (Å²) < 4.78 is 22.5. The molecule has 3 rings (SSSR count). The van der Waals surface area contributed by atoms with Crippen molar-refractivity contribution in [2.75, 3.05) is 5.32 Å². The average molecular weight is 326 g/mol. The van der Waals surface area contributed by atoms with Crippen molar-refractivity contribution in [3.05, 3.63) is 67.0 Å². The fraction of sp³-hybridized carbons (Fsp3) is 0. The first-order chi connectivity index (χ1) is 11.0. The molecule has 0 spiro atoms. The summed E-state index contributed by atoms with van der Waals surface area (Å²) in [4.78, 5) is 8.48. The van der Waals surface area contributed by atoms with Crippen LogP contribution in [-0.2, 0) is 10.0 Å². The molecule has 23 heavy (non-hydrogen) atoms. The molecule has 0 saturated heterocycles. The molecule has 1 aromatic heterocycles. The predicted octanol–water partition coefficient (Wildman–Crippen LogP) is 2.53. The first-order valence-corrected chi connectivity index (χ1v) is 8.34. The van der Waals surface area contributed by atoms with Gasteiger partial charge in [0, 0.05) is 17.3 Å². The maximum absolute atomic E-state index is 11.2. The minimum Gasteiger partial charge on any atom is -0.340 e. The number of hydrogen-bond donors (Lipinski definition) is 2. The van der Waals surface area contributed by atoms with Crippen LogP contribution in [0.5, 0.6) is 0 Å². The topological polar surface area (TPSA) is 98.0 Å². The second-order valence-corrected chi connectivity index (χ2v) is 6.41. The van der Waals surface area contributed by atoms with Gasteiger partial charge in [0.1, 0.15) is 12.1 Å². The lowest BCUT2D eigenvalue weighted by Crippen LogP contribution is -2.11. The number of hydrogen-bond acceptors (Lipinski definition) is 5. The Morgan fingerprint density at radius 3 is 2.26 bits per heavy atom. The molecule has 3 aromatic rings. The SMILES string of the molecule is NS(=O)(=O)c1ccc(Nc2cc(-c3ccccc3)ncn2)cc1.